The summed E-state index contributed by atoms with van der Waals surface area (Å²) in [6, 6.07) is 18.5. The standard InChI is InChI=1S/C20H20N3O/c24-17-21-20-8-4-11-23(16-20)13-5-12-22-14-9-19(10-15-22)18-6-2-1-3-7-18/h1-4,6-11,14-17H,5,12-13H2/q+1/p+1. The van der Waals surface area contributed by atoms with Crippen molar-refractivity contribution in [2.45, 2.75) is 19.5 Å². The highest BCUT2D eigenvalue weighted by Crippen LogP contribution is 2.16. The Morgan fingerprint density at radius 3 is 2.25 bits per heavy atom. The van der Waals surface area contributed by atoms with Gasteiger partial charge in [0.2, 0.25) is 6.41 Å². The number of rotatable bonds is 7. The zero-order chi connectivity index (χ0) is 16.6. The van der Waals surface area contributed by atoms with Crippen molar-refractivity contribution in [1.82, 2.24) is 0 Å². The Kier molecular flexibility index (Phi) is 5.30. The molecule has 0 bridgehead atoms. The van der Waals surface area contributed by atoms with Gasteiger partial charge in [0.1, 0.15) is 5.69 Å². The molecule has 3 aromatic rings. The molecule has 0 fully saturated rings. The fraction of sp³-hybridized carbons (Fsp3) is 0.150. The number of pyridine rings is 2. The van der Waals surface area contributed by atoms with E-state index in [1.165, 1.54) is 11.1 Å². The lowest BCUT2D eigenvalue weighted by atomic mass is 10.1. The molecular formula is C20H21N3O+2. The number of carbonyl (C=O) groups excluding carboxylic acids is 1. The number of carbonyl (C=O) groups is 1. The van der Waals surface area contributed by atoms with Crippen LogP contribution >= 0.6 is 0 Å². The van der Waals surface area contributed by atoms with Crippen molar-refractivity contribution in [3.8, 4) is 11.1 Å². The van der Waals surface area contributed by atoms with Gasteiger partial charge in [0.05, 0.1) is 6.42 Å². The summed E-state index contributed by atoms with van der Waals surface area (Å²) in [4.78, 5) is 10.5. The van der Waals surface area contributed by atoms with Gasteiger partial charge in [0.15, 0.2) is 37.9 Å². The normalized spacial score (nSPS) is 10.3. The minimum absolute atomic E-state index is 0.698. The largest absolute Gasteiger partial charge is 0.324 e. The lowest BCUT2D eigenvalue weighted by molar-refractivity contribution is -0.726. The second kappa shape index (κ2) is 8.02. The number of aromatic nitrogens is 2. The number of aryl methyl sites for hydroxylation is 2. The third-order valence-corrected chi connectivity index (χ3v) is 3.91. The van der Waals surface area contributed by atoms with E-state index in [9.17, 15) is 4.79 Å². The van der Waals surface area contributed by atoms with Gasteiger partial charge in [0, 0.05) is 18.2 Å². The van der Waals surface area contributed by atoms with Gasteiger partial charge in [-0.25, -0.2) is 9.13 Å². The molecular weight excluding hydrogens is 298 g/mol. The second-order valence-corrected chi connectivity index (χ2v) is 5.64. The number of anilines is 1. The maximum atomic E-state index is 10.5. The van der Waals surface area contributed by atoms with Gasteiger partial charge in [-0.05, 0) is 17.2 Å². The average Bonchev–Trinajstić information content (AvgIpc) is 2.64. The van der Waals surface area contributed by atoms with Crippen LogP contribution < -0.4 is 14.5 Å². The molecule has 0 aliphatic heterocycles. The van der Waals surface area contributed by atoms with Crippen LogP contribution in [-0.2, 0) is 17.9 Å². The smallest absolute Gasteiger partial charge is 0.211 e. The molecule has 120 valence electrons. The summed E-state index contributed by atoms with van der Waals surface area (Å²) in [5, 5.41) is 2.67. The van der Waals surface area contributed by atoms with Gasteiger partial charge in [-0.3, -0.25) is 4.79 Å². The average molecular weight is 319 g/mol. The van der Waals surface area contributed by atoms with E-state index >= 15 is 0 Å². The van der Waals surface area contributed by atoms with E-state index in [1.54, 1.807) is 0 Å². The molecule has 24 heavy (non-hydrogen) atoms. The Balaban J connectivity index is 1.55. The Hall–Kier alpha value is -3.01. The van der Waals surface area contributed by atoms with E-state index in [-0.39, 0.29) is 0 Å². The van der Waals surface area contributed by atoms with Gasteiger partial charge in [-0.1, -0.05) is 30.3 Å². The highest BCUT2D eigenvalue weighted by molar-refractivity contribution is 5.69. The third kappa shape index (κ3) is 4.26. The number of hydrogen-bond donors (Lipinski definition) is 1. The van der Waals surface area contributed by atoms with Crippen molar-refractivity contribution in [1.29, 1.82) is 0 Å². The lowest BCUT2D eigenvalue weighted by Gasteiger charge is -2.01. The van der Waals surface area contributed by atoms with Crippen molar-refractivity contribution < 1.29 is 13.9 Å². The first kappa shape index (κ1) is 15.9. The summed E-state index contributed by atoms with van der Waals surface area (Å²) in [6.45, 7) is 1.86. The molecule has 0 saturated carbocycles. The molecule has 1 amide bonds. The van der Waals surface area contributed by atoms with E-state index in [0.717, 1.165) is 25.2 Å². The highest BCUT2D eigenvalue weighted by Gasteiger charge is 2.06. The molecule has 0 atom stereocenters. The second-order valence-electron chi connectivity index (χ2n) is 5.64. The zero-order valence-electron chi connectivity index (χ0n) is 13.5. The molecule has 0 radical (unpaired) electrons. The first-order valence-electron chi connectivity index (χ1n) is 8.09. The molecule has 0 spiro atoms. The van der Waals surface area contributed by atoms with Crippen LogP contribution in [0, 0.1) is 0 Å². The van der Waals surface area contributed by atoms with E-state index in [4.69, 9.17) is 0 Å². The quantitative estimate of drug-likeness (QED) is 0.527. The number of nitrogens with zero attached hydrogens (tertiary/aromatic N) is 2. The maximum Gasteiger partial charge on any atom is 0.211 e. The summed E-state index contributed by atoms with van der Waals surface area (Å²) in [5.41, 5.74) is 3.28. The SMILES string of the molecule is O=CNc1ccc[n+](CCC[n+]2ccc(-c3ccccc3)cc2)c1. The number of nitrogens with one attached hydrogen (secondary N) is 1. The molecule has 0 saturated heterocycles. The molecule has 0 aliphatic carbocycles. The molecule has 0 aliphatic rings. The molecule has 3 rings (SSSR count). The van der Waals surface area contributed by atoms with Crippen LogP contribution in [0.25, 0.3) is 11.1 Å². The maximum absolute atomic E-state index is 10.5. The fourth-order valence-corrected chi connectivity index (χ4v) is 2.68. The summed E-state index contributed by atoms with van der Waals surface area (Å²) in [6.07, 6.45) is 9.92. The summed E-state index contributed by atoms with van der Waals surface area (Å²) >= 11 is 0. The van der Waals surface area contributed by atoms with Gasteiger partial charge in [-0.15, -0.1) is 0 Å². The van der Waals surface area contributed by atoms with Crippen LogP contribution in [0.3, 0.4) is 0 Å². The van der Waals surface area contributed by atoms with Crippen LogP contribution in [0.4, 0.5) is 5.69 Å². The van der Waals surface area contributed by atoms with Gasteiger partial charge < -0.3 is 5.32 Å². The van der Waals surface area contributed by atoms with Crippen LogP contribution in [0.2, 0.25) is 0 Å². The molecule has 2 aromatic heterocycles. The van der Waals surface area contributed by atoms with Crippen molar-refractivity contribution in [2.24, 2.45) is 0 Å². The van der Waals surface area contributed by atoms with Crippen molar-refractivity contribution in [2.75, 3.05) is 5.32 Å². The van der Waals surface area contributed by atoms with Crippen molar-refractivity contribution in [3.63, 3.8) is 0 Å². The summed E-state index contributed by atoms with van der Waals surface area (Å²) < 4.78 is 4.28. The highest BCUT2D eigenvalue weighted by atomic mass is 16.1. The Morgan fingerprint density at radius 1 is 0.792 bits per heavy atom. The molecule has 1 aromatic carbocycles. The number of hydrogen-bond acceptors (Lipinski definition) is 1. The van der Waals surface area contributed by atoms with E-state index in [2.05, 4.69) is 63.2 Å². The lowest BCUT2D eigenvalue weighted by Crippen LogP contribution is -2.38. The first-order chi connectivity index (χ1) is 11.8. The van der Waals surface area contributed by atoms with Crippen LogP contribution in [0.1, 0.15) is 6.42 Å². The topological polar surface area (TPSA) is 36.9 Å². The number of amides is 1. The molecule has 0 unspecified atom stereocenters. The van der Waals surface area contributed by atoms with Crippen molar-refractivity contribution in [3.05, 3.63) is 79.4 Å². The fourth-order valence-electron chi connectivity index (χ4n) is 2.68. The van der Waals surface area contributed by atoms with Crippen LogP contribution in [0.5, 0.6) is 0 Å². The van der Waals surface area contributed by atoms with Crippen molar-refractivity contribution >= 4 is 12.1 Å². The van der Waals surface area contributed by atoms with Crippen LogP contribution in [0.15, 0.2) is 79.4 Å². The minimum atomic E-state index is 0.698. The van der Waals surface area contributed by atoms with E-state index in [1.807, 2.05) is 30.6 Å². The van der Waals surface area contributed by atoms with Gasteiger partial charge in [0.25, 0.3) is 0 Å². The molecule has 4 nitrogen and oxygen atoms in total. The molecule has 2 heterocycles. The zero-order valence-corrected chi connectivity index (χ0v) is 13.5. The third-order valence-electron chi connectivity index (χ3n) is 3.91. The van der Waals surface area contributed by atoms with E-state index in [0.29, 0.717) is 6.41 Å². The first-order valence-corrected chi connectivity index (χ1v) is 8.09. The Bertz CT molecular complexity index is 785. The minimum Gasteiger partial charge on any atom is -0.324 e. The van der Waals surface area contributed by atoms with Gasteiger partial charge >= 0.3 is 0 Å². The monoisotopic (exact) mass is 319 g/mol. The number of benzene rings is 1. The summed E-state index contributed by atoms with van der Waals surface area (Å²) in [5.74, 6) is 0. The molecule has 1 N–H and O–H groups in total. The van der Waals surface area contributed by atoms with Gasteiger partial charge in [-0.2, -0.15) is 0 Å². The Morgan fingerprint density at radius 2 is 1.50 bits per heavy atom. The predicted molar refractivity (Wildman–Crippen MR) is 93.0 cm³/mol. The van der Waals surface area contributed by atoms with E-state index < -0.39 is 0 Å². The Labute approximate surface area is 142 Å². The van der Waals surface area contributed by atoms with Crippen LogP contribution in [-0.4, -0.2) is 6.41 Å². The predicted octanol–water partition coefficient (Wildman–Crippen LogP) is 2.59. The summed E-state index contributed by atoms with van der Waals surface area (Å²) in [7, 11) is 0. The molecule has 4 heteroatoms.